The zero-order valence-corrected chi connectivity index (χ0v) is 10.3. The second-order valence-electron chi connectivity index (χ2n) is 3.94. The van der Waals surface area contributed by atoms with Crippen molar-refractivity contribution in [3.05, 3.63) is 0 Å². The Morgan fingerprint density at radius 3 is 3.06 bits per heavy atom. The molecule has 5 nitrogen and oxygen atoms in total. The van der Waals surface area contributed by atoms with E-state index in [4.69, 9.17) is 5.73 Å². The topological polar surface area (TPSA) is 84.2 Å². The van der Waals surface area contributed by atoms with E-state index < -0.39 is 6.04 Å². The number of carbonyl (C=O) groups excluding carboxylic acids is 2. The van der Waals surface area contributed by atoms with E-state index in [1.165, 1.54) is 0 Å². The third-order valence-corrected chi connectivity index (χ3v) is 3.22. The van der Waals surface area contributed by atoms with Gasteiger partial charge in [-0.2, -0.15) is 11.8 Å². The quantitative estimate of drug-likeness (QED) is 0.587. The van der Waals surface area contributed by atoms with Gasteiger partial charge in [0.2, 0.25) is 11.8 Å². The third kappa shape index (κ3) is 4.40. The summed E-state index contributed by atoms with van der Waals surface area (Å²) in [5.41, 5.74) is 5.70. The van der Waals surface area contributed by atoms with Crippen molar-refractivity contribution < 1.29 is 9.59 Å². The smallest absolute Gasteiger partial charge is 0.237 e. The van der Waals surface area contributed by atoms with Crippen molar-refractivity contribution in [2.75, 3.05) is 18.6 Å². The molecule has 0 saturated carbocycles. The molecule has 1 heterocycles. The lowest BCUT2D eigenvalue weighted by Crippen LogP contribution is -2.45. The first kappa shape index (κ1) is 13.3. The largest absolute Gasteiger partial charge is 0.353 e. The van der Waals surface area contributed by atoms with E-state index in [0.29, 0.717) is 19.4 Å². The number of amides is 2. The van der Waals surface area contributed by atoms with Gasteiger partial charge in [-0.15, -0.1) is 0 Å². The molecule has 1 unspecified atom stereocenters. The number of rotatable bonds is 6. The molecule has 0 radical (unpaired) electrons. The van der Waals surface area contributed by atoms with E-state index in [1.54, 1.807) is 11.8 Å². The van der Waals surface area contributed by atoms with Crippen LogP contribution in [0.5, 0.6) is 0 Å². The fourth-order valence-electron chi connectivity index (χ4n) is 1.56. The summed E-state index contributed by atoms with van der Waals surface area (Å²) in [6.07, 6.45) is 4.01. The molecule has 0 spiro atoms. The number of hydrogen-bond donors (Lipinski definition) is 3. The van der Waals surface area contributed by atoms with Gasteiger partial charge in [0.05, 0.1) is 6.04 Å². The Morgan fingerprint density at radius 1 is 1.75 bits per heavy atom. The Morgan fingerprint density at radius 2 is 2.50 bits per heavy atom. The zero-order valence-electron chi connectivity index (χ0n) is 9.49. The Labute approximate surface area is 99.9 Å². The maximum atomic E-state index is 11.5. The van der Waals surface area contributed by atoms with Crippen LogP contribution in [0.4, 0.5) is 0 Å². The van der Waals surface area contributed by atoms with Crippen LogP contribution in [0.3, 0.4) is 0 Å². The first-order chi connectivity index (χ1) is 7.63. The van der Waals surface area contributed by atoms with Crippen molar-refractivity contribution in [3.63, 3.8) is 0 Å². The molecule has 1 rings (SSSR count). The second-order valence-corrected chi connectivity index (χ2v) is 4.92. The van der Waals surface area contributed by atoms with Crippen LogP contribution < -0.4 is 16.4 Å². The maximum Gasteiger partial charge on any atom is 0.237 e. The van der Waals surface area contributed by atoms with Crippen LogP contribution in [0, 0.1) is 0 Å². The van der Waals surface area contributed by atoms with E-state index in [2.05, 4.69) is 10.6 Å². The van der Waals surface area contributed by atoms with E-state index in [1.807, 2.05) is 6.26 Å². The summed E-state index contributed by atoms with van der Waals surface area (Å²) in [7, 11) is 0. The van der Waals surface area contributed by atoms with Crippen LogP contribution in [-0.2, 0) is 9.59 Å². The second kappa shape index (κ2) is 6.75. The predicted octanol–water partition coefficient (Wildman–Crippen LogP) is -0.538. The highest BCUT2D eigenvalue weighted by Gasteiger charge is 2.21. The van der Waals surface area contributed by atoms with Gasteiger partial charge >= 0.3 is 0 Å². The summed E-state index contributed by atoms with van der Waals surface area (Å²) < 4.78 is 0. The molecule has 2 amide bonds. The predicted molar refractivity (Wildman–Crippen MR) is 65.1 cm³/mol. The molecule has 16 heavy (non-hydrogen) atoms. The Hall–Kier alpha value is -0.750. The summed E-state index contributed by atoms with van der Waals surface area (Å²) in [5, 5.41) is 5.56. The molecular formula is C10H19N3O2S. The van der Waals surface area contributed by atoms with Crippen molar-refractivity contribution in [1.82, 2.24) is 10.6 Å². The van der Waals surface area contributed by atoms with Gasteiger partial charge in [0, 0.05) is 19.0 Å². The lowest BCUT2D eigenvalue weighted by molar-refractivity contribution is -0.123. The summed E-state index contributed by atoms with van der Waals surface area (Å²) in [6, 6.07) is -0.367. The molecule has 0 aromatic heterocycles. The lowest BCUT2D eigenvalue weighted by atomic mass is 10.2. The number of thioether (sulfide) groups is 1. The van der Waals surface area contributed by atoms with Crippen LogP contribution in [0.25, 0.3) is 0 Å². The Balaban J connectivity index is 2.16. The fourth-order valence-corrected chi connectivity index (χ4v) is 2.05. The lowest BCUT2D eigenvalue weighted by Gasteiger charge is -2.14. The van der Waals surface area contributed by atoms with Gasteiger partial charge in [-0.1, -0.05) is 0 Å². The van der Waals surface area contributed by atoms with Gasteiger partial charge in [-0.3, -0.25) is 9.59 Å². The molecule has 4 N–H and O–H groups in total. The molecule has 0 aromatic rings. The summed E-state index contributed by atoms with van der Waals surface area (Å²) >= 11 is 1.67. The van der Waals surface area contributed by atoms with Gasteiger partial charge in [0.25, 0.3) is 0 Å². The highest BCUT2D eigenvalue weighted by atomic mass is 32.2. The molecule has 0 aliphatic carbocycles. The minimum Gasteiger partial charge on any atom is -0.353 e. The van der Waals surface area contributed by atoms with Crippen LogP contribution >= 0.6 is 11.8 Å². The Kier molecular flexibility index (Phi) is 5.62. The number of nitrogens with two attached hydrogens (primary N) is 1. The highest BCUT2D eigenvalue weighted by molar-refractivity contribution is 7.98. The zero-order chi connectivity index (χ0) is 12.0. The van der Waals surface area contributed by atoms with Crippen molar-refractivity contribution >= 4 is 23.6 Å². The first-order valence-corrected chi connectivity index (χ1v) is 6.84. The molecule has 1 aliphatic heterocycles. The van der Waals surface area contributed by atoms with Gasteiger partial charge in [0.15, 0.2) is 0 Å². The van der Waals surface area contributed by atoms with Crippen molar-refractivity contribution in [2.45, 2.75) is 31.3 Å². The normalized spacial score (nSPS) is 21.6. The molecule has 1 saturated heterocycles. The van der Waals surface area contributed by atoms with Crippen molar-refractivity contribution in [3.8, 4) is 0 Å². The molecule has 0 aromatic carbocycles. The monoisotopic (exact) mass is 245 g/mol. The SMILES string of the molecule is CSCC[C@H](N)C(=O)NCC1CCC(=O)N1. The molecule has 0 bridgehead atoms. The van der Waals surface area contributed by atoms with Crippen LogP contribution in [0.15, 0.2) is 0 Å². The number of nitrogens with one attached hydrogen (secondary N) is 2. The highest BCUT2D eigenvalue weighted by Crippen LogP contribution is 2.05. The Bertz CT molecular complexity index is 260. The first-order valence-electron chi connectivity index (χ1n) is 5.45. The average Bonchev–Trinajstić information content (AvgIpc) is 2.68. The van der Waals surface area contributed by atoms with Gasteiger partial charge in [-0.25, -0.2) is 0 Å². The molecule has 1 aliphatic rings. The van der Waals surface area contributed by atoms with Crippen LogP contribution in [0.2, 0.25) is 0 Å². The third-order valence-electron chi connectivity index (χ3n) is 2.58. The molecular weight excluding hydrogens is 226 g/mol. The fraction of sp³-hybridized carbons (Fsp3) is 0.800. The standard InChI is InChI=1S/C10H19N3O2S/c1-16-5-4-8(11)10(15)12-6-7-2-3-9(14)13-7/h7-8H,2-6,11H2,1H3,(H,12,15)(H,13,14)/t7?,8-/m0/s1. The van der Waals surface area contributed by atoms with E-state index in [-0.39, 0.29) is 17.9 Å². The van der Waals surface area contributed by atoms with Gasteiger partial charge < -0.3 is 16.4 Å². The minimum atomic E-state index is -0.440. The molecule has 2 atom stereocenters. The van der Waals surface area contributed by atoms with Crippen molar-refractivity contribution in [1.29, 1.82) is 0 Å². The van der Waals surface area contributed by atoms with Crippen LogP contribution in [-0.4, -0.2) is 42.5 Å². The maximum absolute atomic E-state index is 11.5. The molecule has 92 valence electrons. The summed E-state index contributed by atoms with van der Waals surface area (Å²) in [6.45, 7) is 0.484. The van der Waals surface area contributed by atoms with Gasteiger partial charge in [-0.05, 0) is 24.9 Å². The van der Waals surface area contributed by atoms with Crippen LogP contribution in [0.1, 0.15) is 19.3 Å². The molecule has 1 fully saturated rings. The van der Waals surface area contributed by atoms with E-state index in [9.17, 15) is 9.59 Å². The van der Waals surface area contributed by atoms with Crippen molar-refractivity contribution in [2.24, 2.45) is 5.73 Å². The van der Waals surface area contributed by atoms with Gasteiger partial charge in [0.1, 0.15) is 0 Å². The number of hydrogen-bond acceptors (Lipinski definition) is 4. The molecule has 6 heteroatoms. The summed E-state index contributed by atoms with van der Waals surface area (Å²) in [5.74, 6) is 0.815. The average molecular weight is 245 g/mol. The van der Waals surface area contributed by atoms with E-state index >= 15 is 0 Å². The summed E-state index contributed by atoms with van der Waals surface area (Å²) in [4.78, 5) is 22.5. The number of carbonyl (C=O) groups is 2. The van der Waals surface area contributed by atoms with E-state index in [0.717, 1.165) is 12.2 Å². The minimum absolute atomic E-state index is 0.0610.